The number of nitrogens with zero attached hydrogens (tertiary/aromatic N) is 2. The Bertz CT molecular complexity index is 751. The summed E-state index contributed by atoms with van der Waals surface area (Å²) in [5, 5.41) is 0.735. The largest absolute Gasteiger partial charge is 0.497 e. The fraction of sp³-hybridized carbons (Fsp3) is 0.250. The minimum Gasteiger partial charge on any atom is -0.497 e. The van der Waals surface area contributed by atoms with Gasteiger partial charge in [-0.3, -0.25) is 4.79 Å². The number of piperazine rings is 1. The van der Waals surface area contributed by atoms with Crippen LogP contribution in [0.25, 0.3) is 6.08 Å². The van der Waals surface area contributed by atoms with Crippen LogP contribution in [0.15, 0.2) is 54.6 Å². The molecule has 3 rings (SSSR count). The number of amides is 1. The Morgan fingerprint density at radius 2 is 1.80 bits per heavy atom. The molecule has 0 radical (unpaired) electrons. The minimum absolute atomic E-state index is 0.0431. The van der Waals surface area contributed by atoms with Crippen LogP contribution in [0.5, 0.6) is 5.75 Å². The van der Waals surface area contributed by atoms with Gasteiger partial charge in [-0.25, -0.2) is 0 Å². The Morgan fingerprint density at radius 3 is 2.44 bits per heavy atom. The summed E-state index contributed by atoms with van der Waals surface area (Å²) in [5.74, 6) is 0.849. The highest BCUT2D eigenvalue weighted by molar-refractivity contribution is 6.30. The molecule has 25 heavy (non-hydrogen) atoms. The van der Waals surface area contributed by atoms with E-state index in [9.17, 15) is 4.79 Å². The van der Waals surface area contributed by atoms with Crippen LogP contribution in [0.4, 0.5) is 5.69 Å². The summed E-state index contributed by atoms with van der Waals surface area (Å²) in [6, 6.07) is 15.5. The fourth-order valence-corrected chi connectivity index (χ4v) is 3.03. The molecule has 1 fully saturated rings. The molecular formula is C20H21ClN2O2. The summed E-state index contributed by atoms with van der Waals surface area (Å²) in [7, 11) is 1.64. The lowest BCUT2D eigenvalue weighted by molar-refractivity contribution is -0.126. The van der Waals surface area contributed by atoms with E-state index in [4.69, 9.17) is 16.3 Å². The number of hydrogen-bond donors (Lipinski definition) is 0. The molecule has 0 unspecified atom stereocenters. The number of ether oxygens (including phenoxy) is 1. The number of anilines is 1. The molecule has 0 spiro atoms. The van der Waals surface area contributed by atoms with Crippen LogP contribution in [0, 0.1) is 0 Å². The van der Waals surface area contributed by atoms with Gasteiger partial charge in [0.05, 0.1) is 7.11 Å². The van der Waals surface area contributed by atoms with Crippen LogP contribution in [0.1, 0.15) is 5.56 Å². The van der Waals surface area contributed by atoms with Gasteiger partial charge in [0.2, 0.25) is 5.91 Å². The average molecular weight is 357 g/mol. The van der Waals surface area contributed by atoms with E-state index in [1.807, 2.05) is 59.5 Å². The van der Waals surface area contributed by atoms with Crippen LogP contribution < -0.4 is 9.64 Å². The van der Waals surface area contributed by atoms with Crippen LogP contribution >= 0.6 is 11.6 Å². The average Bonchev–Trinajstić information content (AvgIpc) is 2.66. The highest BCUT2D eigenvalue weighted by Crippen LogP contribution is 2.21. The molecule has 5 heteroatoms. The number of methoxy groups -OCH3 is 1. The Hall–Kier alpha value is -2.46. The zero-order valence-electron chi connectivity index (χ0n) is 14.2. The van der Waals surface area contributed by atoms with Gasteiger partial charge in [-0.1, -0.05) is 29.8 Å². The SMILES string of the molecule is COc1ccc(/C=C/C(=O)N2CCN(c3cccc(Cl)c3)CC2)cc1. The molecule has 4 nitrogen and oxygen atoms in total. The first-order chi connectivity index (χ1) is 12.2. The number of carbonyl (C=O) groups is 1. The van der Waals surface area contributed by atoms with Gasteiger partial charge in [0.15, 0.2) is 0 Å². The molecule has 2 aromatic rings. The predicted molar refractivity (Wildman–Crippen MR) is 102 cm³/mol. The molecule has 130 valence electrons. The van der Waals surface area contributed by atoms with Crippen LogP contribution in [0.2, 0.25) is 5.02 Å². The molecule has 0 bridgehead atoms. The molecule has 0 aromatic heterocycles. The molecule has 0 atom stereocenters. The third kappa shape index (κ3) is 4.54. The molecule has 0 saturated carbocycles. The highest BCUT2D eigenvalue weighted by Gasteiger charge is 2.19. The van der Waals surface area contributed by atoms with Crippen molar-refractivity contribution in [3.63, 3.8) is 0 Å². The molecule has 1 aliphatic rings. The number of benzene rings is 2. The van der Waals surface area contributed by atoms with Gasteiger partial charge in [0.1, 0.15) is 5.75 Å². The van der Waals surface area contributed by atoms with Crippen molar-refractivity contribution in [1.29, 1.82) is 0 Å². The summed E-state index contributed by atoms with van der Waals surface area (Å²) in [5.41, 5.74) is 2.08. The predicted octanol–water partition coefficient (Wildman–Crippen LogP) is 3.71. The lowest BCUT2D eigenvalue weighted by Gasteiger charge is -2.35. The van der Waals surface area contributed by atoms with E-state index in [1.54, 1.807) is 13.2 Å². The molecule has 0 aliphatic carbocycles. The maximum absolute atomic E-state index is 12.4. The Kier molecular flexibility index (Phi) is 5.61. The van der Waals surface area contributed by atoms with Gasteiger partial charge in [0.25, 0.3) is 0 Å². The first-order valence-corrected chi connectivity index (χ1v) is 8.65. The summed E-state index contributed by atoms with van der Waals surface area (Å²) in [6.07, 6.45) is 3.47. The van der Waals surface area contributed by atoms with Crippen molar-refractivity contribution in [3.8, 4) is 5.75 Å². The summed E-state index contributed by atoms with van der Waals surface area (Å²) < 4.78 is 5.13. The van der Waals surface area contributed by atoms with E-state index in [0.717, 1.165) is 35.1 Å². The maximum Gasteiger partial charge on any atom is 0.246 e. The monoisotopic (exact) mass is 356 g/mol. The smallest absolute Gasteiger partial charge is 0.246 e. The van der Waals surface area contributed by atoms with Crippen molar-refractivity contribution >= 4 is 29.3 Å². The van der Waals surface area contributed by atoms with Crippen molar-refractivity contribution in [2.45, 2.75) is 0 Å². The van der Waals surface area contributed by atoms with Gasteiger partial charge in [-0.2, -0.15) is 0 Å². The van der Waals surface area contributed by atoms with Gasteiger partial charge in [-0.05, 0) is 42.0 Å². The Balaban J connectivity index is 1.55. The zero-order valence-corrected chi connectivity index (χ0v) is 14.9. The van der Waals surface area contributed by atoms with Gasteiger partial charge >= 0.3 is 0 Å². The van der Waals surface area contributed by atoms with Gasteiger partial charge in [0, 0.05) is 43.0 Å². The van der Waals surface area contributed by atoms with Crippen molar-refractivity contribution in [3.05, 3.63) is 65.2 Å². The van der Waals surface area contributed by atoms with E-state index >= 15 is 0 Å². The number of hydrogen-bond acceptors (Lipinski definition) is 3. The Labute approximate surface area is 153 Å². The second-order valence-electron chi connectivity index (χ2n) is 5.90. The normalized spacial score (nSPS) is 14.8. The zero-order chi connectivity index (χ0) is 17.6. The van der Waals surface area contributed by atoms with Crippen molar-refractivity contribution in [2.24, 2.45) is 0 Å². The third-order valence-corrected chi connectivity index (χ3v) is 4.53. The van der Waals surface area contributed by atoms with Gasteiger partial charge in [-0.15, -0.1) is 0 Å². The first kappa shape index (κ1) is 17.4. The van der Waals surface area contributed by atoms with Gasteiger partial charge < -0.3 is 14.5 Å². The quantitative estimate of drug-likeness (QED) is 0.783. The highest BCUT2D eigenvalue weighted by atomic mass is 35.5. The molecule has 1 heterocycles. The number of rotatable bonds is 4. The second kappa shape index (κ2) is 8.08. The lowest BCUT2D eigenvalue weighted by Crippen LogP contribution is -2.48. The minimum atomic E-state index is 0.0431. The van der Waals surface area contributed by atoms with Crippen molar-refractivity contribution in [2.75, 3.05) is 38.2 Å². The van der Waals surface area contributed by atoms with Crippen LogP contribution in [-0.4, -0.2) is 44.1 Å². The standard InChI is InChI=1S/C20H21ClN2O2/c1-25-19-8-5-16(6-9-19)7-10-20(24)23-13-11-22(12-14-23)18-4-2-3-17(21)15-18/h2-10,15H,11-14H2,1H3/b10-7+. The van der Waals surface area contributed by atoms with Crippen LogP contribution in [0.3, 0.4) is 0 Å². The molecule has 1 aliphatic heterocycles. The molecular weight excluding hydrogens is 336 g/mol. The lowest BCUT2D eigenvalue weighted by atomic mass is 10.2. The van der Waals surface area contributed by atoms with E-state index in [-0.39, 0.29) is 5.91 Å². The van der Waals surface area contributed by atoms with Crippen molar-refractivity contribution < 1.29 is 9.53 Å². The summed E-state index contributed by atoms with van der Waals surface area (Å²) in [4.78, 5) is 16.5. The summed E-state index contributed by atoms with van der Waals surface area (Å²) >= 11 is 6.05. The topological polar surface area (TPSA) is 32.8 Å². The van der Waals surface area contributed by atoms with E-state index in [0.29, 0.717) is 13.1 Å². The van der Waals surface area contributed by atoms with E-state index in [1.165, 1.54) is 0 Å². The number of halogens is 1. The fourth-order valence-electron chi connectivity index (χ4n) is 2.85. The molecule has 1 amide bonds. The van der Waals surface area contributed by atoms with E-state index < -0.39 is 0 Å². The molecule has 0 N–H and O–H groups in total. The number of carbonyl (C=O) groups excluding carboxylic acids is 1. The molecule has 2 aromatic carbocycles. The van der Waals surface area contributed by atoms with E-state index in [2.05, 4.69) is 4.90 Å². The maximum atomic E-state index is 12.4. The second-order valence-corrected chi connectivity index (χ2v) is 6.34. The summed E-state index contributed by atoms with van der Waals surface area (Å²) in [6.45, 7) is 3.03. The Morgan fingerprint density at radius 1 is 1.08 bits per heavy atom. The molecule has 1 saturated heterocycles. The first-order valence-electron chi connectivity index (χ1n) is 8.27. The van der Waals surface area contributed by atoms with Crippen molar-refractivity contribution in [1.82, 2.24) is 4.90 Å². The van der Waals surface area contributed by atoms with Crippen LogP contribution in [-0.2, 0) is 4.79 Å². The third-order valence-electron chi connectivity index (χ3n) is 4.30.